The lowest BCUT2D eigenvalue weighted by atomic mass is 9.87. The maximum Gasteiger partial charge on any atom is 0.411 e. The molecule has 0 saturated carbocycles. The third-order valence-corrected chi connectivity index (χ3v) is 6.11. The van der Waals surface area contributed by atoms with Gasteiger partial charge in [0.25, 0.3) is 0 Å². The van der Waals surface area contributed by atoms with Crippen molar-refractivity contribution in [1.29, 1.82) is 0 Å². The summed E-state index contributed by atoms with van der Waals surface area (Å²) >= 11 is 0. The smallest absolute Gasteiger partial charge is 0.411 e. The SMILES string of the molecule is CO[C@]1(C)[C@@H](C)C=C[C@H]1N1C(=O)O[C@@H](c2ccccc2)[C@H]1c1ccccc1. The molecule has 1 heterocycles. The first-order valence-corrected chi connectivity index (χ1v) is 9.38. The van der Waals surface area contributed by atoms with Gasteiger partial charge >= 0.3 is 6.09 Å². The van der Waals surface area contributed by atoms with E-state index in [0.717, 1.165) is 11.1 Å². The first-order chi connectivity index (χ1) is 13.1. The quantitative estimate of drug-likeness (QED) is 0.725. The largest absolute Gasteiger partial charge is 0.439 e. The zero-order valence-corrected chi connectivity index (χ0v) is 15.9. The number of ether oxygens (including phenoxy) is 2. The number of nitrogens with zero attached hydrogens (tertiary/aromatic N) is 1. The van der Waals surface area contributed by atoms with Crippen LogP contribution in [-0.2, 0) is 9.47 Å². The van der Waals surface area contributed by atoms with Gasteiger partial charge in [0.2, 0.25) is 0 Å². The molecule has 0 bridgehead atoms. The molecule has 2 aromatic rings. The number of carbonyl (C=O) groups is 1. The zero-order valence-electron chi connectivity index (χ0n) is 15.9. The molecule has 5 atom stereocenters. The Balaban J connectivity index is 1.80. The van der Waals surface area contributed by atoms with Crippen molar-refractivity contribution in [1.82, 2.24) is 4.90 Å². The summed E-state index contributed by atoms with van der Waals surface area (Å²) in [6.45, 7) is 4.18. The minimum absolute atomic E-state index is 0.191. The number of hydrogen-bond acceptors (Lipinski definition) is 3. The lowest BCUT2D eigenvalue weighted by molar-refractivity contribution is -0.0596. The van der Waals surface area contributed by atoms with Gasteiger partial charge in [0.15, 0.2) is 6.10 Å². The Morgan fingerprint density at radius 1 is 0.963 bits per heavy atom. The summed E-state index contributed by atoms with van der Waals surface area (Å²) in [5.41, 5.74) is 1.57. The molecule has 4 nitrogen and oxygen atoms in total. The van der Waals surface area contributed by atoms with Crippen molar-refractivity contribution in [3.63, 3.8) is 0 Å². The summed E-state index contributed by atoms with van der Waals surface area (Å²) in [6, 6.07) is 19.7. The molecule has 0 spiro atoms. The minimum atomic E-state index is -0.488. The molecule has 1 aliphatic heterocycles. The van der Waals surface area contributed by atoms with Crippen LogP contribution in [0, 0.1) is 5.92 Å². The predicted octanol–water partition coefficient (Wildman–Crippen LogP) is 4.90. The second-order valence-electron chi connectivity index (χ2n) is 7.48. The van der Waals surface area contributed by atoms with Crippen LogP contribution in [0.25, 0.3) is 0 Å². The molecular formula is C23H25NO3. The number of benzene rings is 2. The zero-order chi connectivity index (χ0) is 19.0. The molecule has 2 aromatic carbocycles. The van der Waals surface area contributed by atoms with Crippen molar-refractivity contribution < 1.29 is 14.3 Å². The van der Waals surface area contributed by atoms with Crippen LogP contribution in [-0.4, -0.2) is 29.7 Å². The van der Waals surface area contributed by atoms with Gasteiger partial charge in [-0.3, -0.25) is 4.90 Å². The van der Waals surface area contributed by atoms with Gasteiger partial charge < -0.3 is 9.47 Å². The third kappa shape index (κ3) is 2.85. The topological polar surface area (TPSA) is 38.8 Å². The van der Waals surface area contributed by atoms with Crippen molar-refractivity contribution in [3.05, 3.63) is 83.9 Å². The van der Waals surface area contributed by atoms with E-state index in [1.165, 1.54) is 0 Å². The number of methoxy groups -OCH3 is 1. The third-order valence-electron chi connectivity index (χ3n) is 6.11. The van der Waals surface area contributed by atoms with E-state index in [0.29, 0.717) is 0 Å². The van der Waals surface area contributed by atoms with Crippen LogP contribution < -0.4 is 0 Å². The summed E-state index contributed by atoms with van der Waals surface area (Å²) in [7, 11) is 1.71. The molecule has 0 radical (unpaired) electrons. The molecule has 0 N–H and O–H groups in total. The summed E-state index contributed by atoms with van der Waals surface area (Å²) in [6.07, 6.45) is 3.55. The van der Waals surface area contributed by atoms with E-state index in [9.17, 15) is 4.79 Å². The van der Waals surface area contributed by atoms with E-state index in [1.807, 2.05) is 53.4 Å². The summed E-state index contributed by atoms with van der Waals surface area (Å²) in [5.74, 6) is 0.201. The molecule has 2 aliphatic rings. The number of rotatable bonds is 4. The Hall–Kier alpha value is -2.59. The number of hydrogen-bond donors (Lipinski definition) is 0. The highest BCUT2D eigenvalue weighted by Crippen LogP contribution is 2.48. The van der Waals surface area contributed by atoms with Crippen molar-refractivity contribution in [2.45, 2.75) is 37.6 Å². The van der Waals surface area contributed by atoms with E-state index in [1.54, 1.807) is 7.11 Å². The highest BCUT2D eigenvalue weighted by molar-refractivity contribution is 5.73. The summed E-state index contributed by atoms with van der Waals surface area (Å²) in [5, 5.41) is 0. The van der Waals surface area contributed by atoms with Gasteiger partial charge in [-0.25, -0.2) is 4.79 Å². The molecule has 27 heavy (non-hydrogen) atoms. The van der Waals surface area contributed by atoms with Crippen LogP contribution in [0.4, 0.5) is 4.79 Å². The Labute approximate surface area is 160 Å². The molecule has 1 aliphatic carbocycles. The van der Waals surface area contributed by atoms with Crippen LogP contribution in [0.2, 0.25) is 0 Å². The number of amides is 1. The standard InChI is InChI=1S/C23H25NO3/c1-16-14-15-19(23(16,2)26-3)24-20(17-10-6-4-7-11-17)21(27-22(24)25)18-12-8-5-9-13-18/h4-16,19-21H,1-3H3/t16-,19+,20+,21-,23+/m0/s1. The van der Waals surface area contributed by atoms with Gasteiger partial charge in [-0.15, -0.1) is 0 Å². The number of carbonyl (C=O) groups excluding carboxylic acids is 1. The summed E-state index contributed by atoms with van der Waals surface area (Å²) < 4.78 is 11.8. The molecule has 4 heteroatoms. The molecule has 4 rings (SSSR count). The van der Waals surface area contributed by atoms with Gasteiger partial charge in [0.05, 0.1) is 11.6 Å². The van der Waals surface area contributed by atoms with Crippen LogP contribution >= 0.6 is 0 Å². The first-order valence-electron chi connectivity index (χ1n) is 9.38. The van der Waals surface area contributed by atoms with E-state index in [2.05, 4.69) is 38.1 Å². The van der Waals surface area contributed by atoms with Crippen LogP contribution in [0.1, 0.15) is 37.1 Å². The van der Waals surface area contributed by atoms with Crippen molar-refractivity contribution in [2.24, 2.45) is 5.92 Å². The normalized spacial score (nSPS) is 32.7. The Morgan fingerprint density at radius 3 is 2.15 bits per heavy atom. The van der Waals surface area contributed by atoms with Gasteiger partial charge in [-0.1, -0.05) is 79.7 Å². The van der Waals surface area contributed by atoms with Crippen LogP contribution in [0.15, 0.2) is 72.8 Å². The lowest BCUT2D eigenvalue weighted by Gasteiger charge is -2.40. The van der Waals surface area contributed by atoms with E-state index >= 15 is 0 Å². The van der Waals surface area contributed by atoms with Crippen LogP contribution in [0.5, 0.6) is 0 Å². The van der Waals surface area contributed by atoms with Crippen LogP contribution in [0.3, 0.4) is 0 Å². The average Bonchev–Trinajstić information content (AvgIpc) is 3.20. The van der Waals surface area contributed by atoms with Gasteiger partial charge in [-0.05, 0) is 18.1 Å². The second-order valence-corrected chi connectivity index (χ2v) is 7.48. The monoisotopic (exact) mass is 363 g/mol. The lowest BCUT2D eigenvalue weighted by Crippen LogP contribution is -2.52. The van der Waals surface area contributed by atoms with E-state index in [-0.39, 0.29) is 30.2 Å². The molecule has 0 unspecified atom stereocenters. The fourth-order valence-corrected chi connectivity index (χ4v) is 4.26. The maximum absolute atomic E-state index is 13.1. The van der Waals surface area contributed by atoms with Crippen molar-refractivity contribution >= 4 is 6.09 Å². The number of cyclic esters (lactones) is 1. The molecule has 1 amide bonds. The first kappa shape index (κ1) is 17.8. The Bertz CT molecular complexity index is 835. The Kier molecular flexibility index (Phi) is 4.52. The minimum Gasteiger partial charge on any atom is -0.439 e. The molecule has 1 saturated heterocycles. The fourth-order valence-electron chi connectivity index (χ4n) is 4.26. The second kappa shape index (κ2) is 6.86. The molecule has 0 aromatic heterocycles. The maximum atomic E-state index is 13.1. The van der Waals surface area contributed by atoms with Gasteiger partial charge in [0.1, 0.15) is 6.04 Å². The van der Waals surface area contributed by atoms with E-state index < -0.39 is 5.60 Å². The highest BCUT2D eigenvalue weighted by atomic mass is 16.6. The molecule has 140 valence electrons. The van der Waals surface area contributed by atoms with Crippen molar-refractivity contribution in [2.75, 3.05) is 7.11 Å². The van der Waals surface area contributed by atoms with Gasteiger partial charge in [-0.2, -0.15) is 0 Å². The molecule has 1 fully saturated rings. The Morgan fingerprint density at radius 2 is 1.56 bits per heavy atom. The predicted molar refractivity (Wildman–Crippen MR) is 104 cm³/mol. The molecular weight excluding hydrogens is 338 g/mol. The van der Waals surface area contributed by atoms with Crippen molar-refractivity contribution in [3.8, 4) is 0 Å². The van der Waals surface area contributed by atoms with E-state index in [4.69, 9.17) is 9.47 Å². The summed E-state index contributed by atoms with van der Waals surface area (Å²) in [4.78, 5) is 14.9. The average molecular weight is 363 g/mol. The highest BCUT2D eigenvalue weighted by Gasteiger charge is 2.54. The van der Waals surface area contributed by atoms with Gasteiger partial charge in [0, 0.05) is 13.0 Å². The fraction of sp³-hybridized carbons (Fsp3) is 0.348.